The van der Waals surface area contributed by atoms with Gasteiger partial charge in [-0.15, -0.1) is 0 Å². The molecule has 0 spiro atoms. The van der Waals surface area contributed by atoms with E-state index in [2.05, 4.69) is 52.0 Å². The normalized spacial score (nSPS) is 10.7. The first-order chi connectivity index (χ1) is 25.9. The van der Waals surface area contributed by atoms with Gasteiger partial charge in [0.1, 0.15) is 0 Å². The molecule has 53 heavy (non-hydrogen) atoms. The number of allylic oxidation sites excluding steroid dienone is 2. The first kappa shape index (κ1) is 40.4. The van der Waals surface area contributed by atoms with Gasteiger partial charge < -0.3 is 0 Å². The number of unbranched alkanes of at least 4 members (excludes halogenated alkanes) is 4. The fourth-order valence-corrected chi connectivity index (χ4v) is 14.2. The van der Waals surface area contributed by atoms with Gasteiger partial charge in [-0.3, -0.25) is 0 Å². The molecule has 0 unspecified atom stereocenters. The van der Waals surface area contributed by atoms with Gasteiger partial charge in [-0.25, -0.2) is 0 Å². The molecule has 0 aromatic carbocycles. The number of hydrogen-bond donors (Lipinski definition) is 0. The molecule has 0 saturated heterocycles. The number of nitriles is 4. The Morgan fingerprint density at radius 3 is 1.15 bits per heavy atom. The molecule has 0 aliphatic heterocycles. The molecule has 0 aliphatic rings. The SMILES string of the molecule is CCCCc1c(-c2ccc(C=C(C#N)C#N)s2)sc(-c2ccc(-c3sc(-c4ccc(C=C(C#N)C#N)s4)c(CCCC)c3CCCC)[se]2)c1CCCC. The van der Waals surface area contributed by atoms with E-state index in [0.717, 1.165) is 86.8 Å². The van der Waals surface area contributed by atoms with Crippen molar-refractivity contribution >= 4 is 72.0 Å². The Labute approximate surface area is 337 Å². The van der Waals surface area contributed by atoms with Crippen molar-refractivity contribution in [2.45, 2.75) is 105 Å². The topological polar surface area (TPSA) is 95.2 Å². The van der Waals surface area contributed by atoms with E-state index in [4.69, 9.17) is 0 Å². The zero-order valence-electron chi connectivity index (χ0n) is 30.9. The fourth-order valence-electron chi connectivity index (χ4n) is 6.42. The second-order valence-corrected chi connectivity index (χ2v) is 19.5. The molecule has 0 atom stereocenters. The molecule has 0 radical (unpaired) electrons. The van der Waals surface area contributed by atoms with Gasteiger partial charge in [0.05, 0.1) is 0 Å². The van der Waals surface area contributed by atoms with Gasteiger partial charge in [0.2, 0.25) is 0 Å². The van der Waals surface area contributed by atoms with E-state index < -0.39 is 0 Å². The van der Waals surface area contributed by atoms with Crippen molar-refractivity contribution in [3.05, 3.63) is 79.6 Å². The van der Waals surface area contributed by atoms with Gasteiger partial charge >= 0.3 is 340 Å². The second-order valence-electron chi connectivity index (χ2n) is 13.0. The van der Waals surface area contributed by atoms with Gasteiger partial charge in [0, 0.05) is 0 Å². The first-order valence-electron chi connectivity index (χ1n) is 18.6. The molecule has 5 heterocycles. The monoisotopic (exact) mass is 836 g/mol. The third-order valence-electron chi connectivity index (χ3n) is 9.16. The summed E-state index contributed by atoms with van der Waals surface area (Å²) in [6, 6.07) is 21.3. The van der Waals surface area contributed by atoms with Crippen LogP contribution in [0.3, 0.4) is 0 Å². The molecule has 0 aliphatic carbocycles. The van der Waals surface area contributed by atoms with Gasteiger partial charge in [-0.05, 0) is 0 Å². The van der Waals surface area contributed by atoms with Crippen LogP contribution in [0.1, 0.15) is 111 Å². The van der Waals surface area contributed by atoms with Crippen molar-refractivity contribution in [1.29, 1.82) is 21.0 Å². The van der Waals surface area contributed by atoms with Crippen molar-refractivity contribution in [3.8, 4) is 62.4 Å². The summed E-state index contributed by atoms with van der Waals surface area (Å²) in [7, 11) is 0. The van der Waals surface area contributed by atoms with Gasteiger partial charge in [-0.2, -0.15) is 0 Å². The zero-order chi connectivity index (χ0) is 37.7. The third kappa shape index (κ3) is 9.68. The van der Waals surface area contributed by atoms with Crippen molar-refractivity contribution < 1.29 is 0 Å². The van der Waals surface area contributed by atoms with Crippen LogP contribution in [0.2, 0.25) is 0 Å². The van der Waals surface area contributed by atoms with Crippen LogP contribution in [0.15, 0.2) is 47.5 Å². The second kappa shape index (κ2) is 20.1. The quantitative estimate of drug-likeness (QED) is 0.0649. The van der Waals surface area contributed by atoms with E-state index in [-0.39, 0.29) is 25.6 Å². The van der Waals surface area contributed by atoms with Crippen LogP contribution in [0, 0.1) is 45.3 Å². The van der Waals surface area contributed by atoms with Crippen molar-refractivity contribution in [1.82, 2.24) is 0 Å². The molecule has 0 bridgehead atoms. The number of nitrogens with zero attached hydrogens (tertiary/aromatic N) is 4. The van der Waals surface area contributed by atoms with Crippen molar-refractivity contribution in [3.63, 3.8) is 0 Å². The molecule has 0 saturated carbocycles. The summed E-state index contributed by atoms with van der Waals surface area (Å²) >= 11 is 7.41. The molecule has 0 fully saturated rings. The Balaban J connectivity index is 1.64. The predicted octanol–water partition coefficient (Wildman–Crippen LogP) is 13.9. The van der Waals surface area contributed by atoms with E-state index in [1.807, 2.05) is 59.1 Å². The minimum atomic E-state index is 0.133. The van der Waals surface area contributed by atoms with E-state index >= 15 is 0 Å². The van der Waals surface area contributed by atoms with Crippen LogP contribution >= 0.6 is 45.3 Å². The molecule has 0 amide bonds. The van der Waals surface area contributed by atoms with Crippen LogP contribution < -0.4 is 0 Å². The van der Waals surface area contributed by atoms with E-state index in [1.54, 1.807) is 34.8 Å². The maximum absolute atomic E-state index is 9.35. The Morgan fingerprint density at radius 2 is 0.830 bits per heavy atom. The van der Waals surface area contributed by atoms with Crippen LogP contribution in [0.5, 0.6) is 0 Å². The summed E-state index contributed by atoms with van der Waals surface area (Å²) in [4.78, 5) is 9.92. The molecule has 5 rings (SSSR count). The van der Waals surface area contributed by atoms with Crippen LogP contribution in [-0.2, 0) is 25.7 Å². The molecule has 5 aromatic rings. The summed E-state index contributed by atoms with van der Waals surface area (Å²) in [5, 5.41) is 37.4. The molecular formula is C44H44N4S4Se. The van der Waals surface area contributed by atoms with E-state index in [0.29, 0.717) is 0 Å². The molecule has 9 heteroatoms. The average molecular weight is 836 g/mol. The summed E-state index contributed by atoms with van der Waals surface area (Å²) in [5.41, 5.74) is 6.30. The Bertz CT molecular complexity index is 2070. The molecule has 5 aromatic heterocycles. The number of rotatable bonds is 18. The van der Waals surface area contributed by atoms with E-state index in [9.17, 15) is 21.0 Å². The Hall–Kier alpha value is -3.76. The maximum atomic E-state index is 9.35. The van der Waals surface area contributed by atoms with Gasteiger partial charge in [-0.1, -0.05) is 0 Å². The third-order valence-corrected chi connectivity index (χ3v) is 17.1. The minimum absolute atomic E-state index is 0.133. The standard InChI is InChI=1S/C44H44N4S4Se/c1-5-9-13-33-35(15-11-7-3)43(51-41(33)37-19-17-31(49-37)23-29(25-45)26-46)39-21-22-40(53-39)44-36(16-12-8-4)34(14-10-6-2)42(52-44)38-20-18-32(50-38)24-30(27-47)28-48/h17-24H,5-16H2,1-4H3. The predicted molar refractivity (Wildman–Crippen MR) is 229 cm³/mol. The van der Waals surface area contributed by atoms with Crippen LogP contribution in [0.4, 0.5) is 0 Å². The summed E-state index contributed by atoms with van der Waals surface area (Å²) in [5.74, 6) is 0. The molecule has 0 N–H and O–H groups in total. The fraction of sp³-hybridized carbons (Fsp3) is 0.364. The molecule has 270 valence electrons. The summed E-state index contributed by atoms with van der Waals surface area (Å²) < 4.78 is 2.94. The van der Waals surface area contributed by atoms with Crippen molar-refractivity contribution in [2.24, 2.45) is 0 Å². The van der Waals surface area contributed by atoms with E-state index in [1.165, 1.54) is 60.4 Å². The van der Waals surface area contributed by atoms with Gasteiger partial charge in [0.25, 0.3) is 0 Å². The van der Waals surface area contributed by atoms with Crippen LogP contribution in [0.25, 0.3) is 50.3 Å². The number of thiophene rings is 4. The number of hydrogen-bond acceptors (Lipinski definition) is 8. The molecular weight excluding hydrogens is 792 g/mol. The molecule has 4 nitrogen and oxygen atoms in total. The summed E-state index contributed by atoms with van der Waals surface area (Å²) in [6.07, 6.45) is 16.9. The Morgan fingerprint density at radius 1 is 0.491 bits per heavy atom. The Kier molecular flexibility index (Phi) is 15.3. The van der Waals surface area contributed by atoms with Crippen molar-refractivity contribution in [2.75, 3.05) is 0 Å². The van der Waals surface area contributed by atoms with Gasteiger partial charge in [0.15, 0.2) is 0 Å². The average Bonchev–Trinajstić information content (AvgIpc) is 4.02. The van der Waals surface area contributed by atoms with Crippen LogP contribution in [-0.4, -0.2) is 14.5 Å². The zero-order valence-corrected chi connectivity index (χ0v) is 35.9. The first-order valence-corrected chi connectivity index (χ1v) is 23.5. The summed E-state index contributed by atoms with van der Waals surface area (Å²) in [6.45, 7) is 9.08.